The summed E-state index contributed by atoms with van der Waals surface area (Å²) in [4.78, 5) is 25.9. The number of alkyl halides is 1. The molecule has 1 heterocycles. The van der Waals surface area contributed by atoms with Gasteiger partial charge in [0, 0.05) is 24.4 Å². The number of thiocarbonyl (C=S) groups is 1. The summed E-state index contributed by atoms with van der Waals surface area (Å²) >= 11 is 3.83. The molecule has 7 unspecified atom stereocenters. The highest BCUT2D eigenvalue weighted by Gasteiger charge is 2.62. The summed E-state index contributed by atoms with van der Waals surface area (Å²) in [6.07, 6.45) is 8.28. The number of halogens is 1. The summed E-state index contributed by atoms with van der Waals surface area (Å²) in [6, 6.07) is 0.266. The first-order chi connectivity index (χ1) is 14.7. The van der Waals surface area contributed by atoms with Crippen molar-refractivity contribution in [2.45, 2.75) is 78.4 Å². The highest BCUT2D eigenvalue weighted by molar-refractivity contribution is 7.77. The minimum absolute atomic E-state index is 0.00244. The van der Waals surface area contributed by atoms with Gasteiger partial charge in [0.1, 0.15) is 0 Å². The molecule has 4 nitrogen and oxygen atoms in total. The van der Waals surface area contributed by atoms with E-state index in [-0.39, 0.29) is 28.7 Å². The summed E-state index contributed by atoms with van der Waals surface area (Å²) in [7, 11) is 3.20. The first-order valence-corrected chi connectivity index (χ1v) is 12.3. The molecule has 176 valence electrons. The van der Waals surface area contributed by atoms with Crippen LogP contribution in [0.2, 0.25) is 0 Å². The lowest BCUT2D eigenvalue weighted by Gasteiger charge is -2.60. The van der Waals surface area contributed by atoms with Gasteiger partial charge in [-0.25, -0.2) is 9.18 Å². The zero-order valence-corrected chi connectivity index (χ0v) is 20.8. The van der Waals surface area contributed by atoms with Crippen LogP contribution in [-0.2, 0) is 14.3 Å². The molecule has 4 aliphatic rings. The second-order valence-electron chi connectivity index (χ2n) is 9.77. The van der Waals surface area contributed by atoms with Crippen molar-refractivity contribution in [3.63, 3.8) is 0 Å². The average Bonchev–Trinajstić information content (AvgIpc) is 3.15. The minimum atomic E-state index is -1.51. The number of likely N-dealkylation sites (N-methyl/N-ethyl adjacent to an activating group) is 1. The Balaban J connectivity index is 0.000000807. The third-order valence-corrected chi connectivity index (χ3v) is 8.98. The minimum Gasteiger partial charge on any atom is -0.467 e. The summed E-state index contributed by atoms with van der Waals surface area (Å²) in [5, 5.41) is 0. The van der Waals surface area contributed by atoms with Crippen LogP contribution in [0.15, 0.2) is 12.2 Å². The second-order valence-corrected chi connectivity index (χ2v) is 9.77. The van der Waals surface area contributed by atoms with E-state index in [4.69, 9.17) is 4.74 Å². The number of esters is 1. The van der Waals surface area contributed by atoms with Crippen LogP contribution in [0, 0.1) is 34.5 Å². The number of carbonyl (C=O) groups is 2. The fourth-order valence-electron chi connectivity index (χ4n) is 7.54. The van der Waals surface area contributed by atoms with Crippen LogP contribution in [0.4, 0.5) is 4.39 Å². The van der Waals surface area contributed by atoms with Crippen molar-refractivity contribution in [1.29, 1.82) is 0 Å². The van der Waals surface area contributed by atoms with Crippen molar-refractivity contribution in [1.82, 2.24) is 4.90 Å². The fraction of sp³-hybridized carbons (Fsp3) is 0.800. The van der Waals surface area contributed by atoms with Crippen molar-refractivity contribution >= 4 is 30.0 Å². The van der Waals surface area contributed by atoms with Gasteiger partial charge in [-0.3, -0.25) is 4.79 Å². The zero-order valence-electron chi connectivity index (χ0n) is 20.0. The van der Waals surface area contributed by atoms with Gasteiger partial charge in [0.25, 0.3) is 0 Å². The molecule has 0 bridgehead atoms. The van der Waals surface area contributed by atoms with Gasteiger partial charge in [-0.05, 0) is 73.6 Å². The van der Waals surface area contributed by atoms with Gasteiger partial charge in [-0.2, -0.15) is 0 Å². The molecule has 0 saturated heterocycles. The molecule has 0 radical (unpaired) electrons. The van der Waals surface area contributed by atoms with Crippen LogP contribution >= 0.6 is 12.2 Å². The summed E-state index contributed by atoms with van der Waals surface area (Å²) < 4.78 is 19.6. The molecule has 0 spiro atoms. The average molecular weight is 454 g/mol. The first kappa shape index (κ1) is 26.0. The van der Waals surface area contributed by atoms with E-state index in [1.807, 2.05) is 25.8 Å². The predicted molar refractivity (Wildman–Crippen MR) is 127 cm³/mol. The number of nitrogens with zero attached hydrogens (tertiary/aromatic N) is 1. The monoisotopic (exact) mass is 453 g/mol. The normalized spacial score (nSPS) is 41.3. The molecule has 3 saturated carbocycles. The van der Waals surface area contributed by atoms with Crippen LogP contribution in [0.5, 0.6) is 0 Å². The number of ether oxygens (including phenoxy) is 1. The van der Waals surface area contributed by atoms with Gasteiger partial charge in [-0.1, -0.05) is 46.0 Å². The molecule has 3 aliphatic carbocycles. The van der Waals surface area contributed by atoms with E-state index in [0.29, 0.717) is 17.8 Å². The molecular formula is C25H40FNO3S. The second kappa shape index (κ2) is 10.1. The topological polar surface area (TPSA) is 46.6 Å². The van der Waals surface area contributed by atoms with Crippen LogP contribution in [-0.4, -0.2) is 49.0 Å². The number of rotatable bonds is 2. The molecule has 4 rings (SSSR count). The summed E-state index contributed by atoms with van der Waals surface area (Å²) in [5.74, 6) is 3.53. The number of hydrogen-bond donors (Lipinski definition) is 0. The van der Waals surface area contributed by atoms with Crippen molar-refractivity contribution < 1.29 is 18.7 Å². The number of hydrogen-bond acceptors (Lipinski definition) is 4. The Kier molecular flexibility index (Phi) is 8.45. The third-order valence-electron chi connectivity index (χ3n) is 8.98. The molecule has 1 amide bonds. The Morgan fingerprint density at radius 3 is 2.45 bits per heavy atom. The first-order valence-electron chi connectivity index (χ1n) is 11.7. The number of carbonyl (C=O) groups excluding carboxylic acids is 2. The highest BCUT2D eigenvalue weighted by atomic mass is 32.1. The Morgan fingerprint density at radius 1 is 1.19 bits per heavy atom. The molecule has 0 aromatic rings. The summed E-state index contributed by atoms with van der Waals surface area (Å²) in [5.41, 5.74) is -0.124. The Bertz CT molecular complexity index is 700. The molecule has 0 aromatic heterocycles. The lowest BCUT2D eigenvalue weighted by atomic mass is 9.47. The molecule has 0 N–H and O–H groups in total. The van der Waals surface area contributed by atoms with Crippen molar-refractivity contribution in [3.05, 3.63) is 12.2 Å². The number of amides is 1. The van der Waals surface area contributed by atoms with E-state index < -0.39 is 12.1 Å². The summed E-state index contributed by atoms with van der Waals surface area (Å²) in [6.45, 7) is 8.53. The molecule has 6 heteroatoms. The van der Waals surface area contributed by atoms with Crippen LogP contribution in [0.3, 0.4) is 0 Å². The fourth-order valence-corrected chi connectivity index (χ4v) is 7.54. The van der Waals surface area contributed by atoms with Crippen LogP contribution < -0.4 is 0 Å². The van der Waals surface area contributed by atoms with Crippen molar-refractivity contribution in [2.75, 3.05) is 14.2 Å². The number of methoxy groups -OCH3 is 1. The SMILES string of the molecule is C=S.CC.COC(=O)C(F)C1CCC2C3CCC4N(C)C(=O)C=CC4(C)C3CC[C@]12C. The maximum Gasteiger partial charge on any atom is 0.340 e. The molecule has 1 aliphatic heterocycles. The van der Waals surface area contributed by atoms with Gasteiger partial charge in [0.15, 0.2) is 0 Å². The van der Waals surface area contributed by atoms with Crippen molar-refractivity contribution in [3.8, 4) is 0 Å². The maximum atomic E-state index is 14.9. The lowest BCUT2D eigenvalue weighted by molar-refractivity contribution is -0.153. The Morgan fingerprint density at radius 2 is 1.84 bits per heavy atom. The molecule has 31 heavy (non-hydrogen) atoms. The van der Waals surface area contributed by atoms with Gasteiger partial charge < -0.3 is 9.64 Å². The zero-order chi connectivity index (χ0) is 23.6. The maximum absolute atomic E-state index is 14.9. The van der Waals surface area contributed by atoms with E-state index in [9.17, 15) is 14.0 Å². The van der Waals surface area contributed by atoms with Crippen LogP contribution in [0.1, 0.15) is 66.2 Å². The van der Waals surface area contributed by atoms with Gasteiger partial charge in [0.2, 0.25) is 12.1 Å². The lowest BCUT2D eigenvalue weighted by Crippen LogP contribution is -2.59. The van der Waals surface area contributed by atoms with Crippen molar-refractivity contribution in [2.24, 2.45) is 34.5 Å². The van der Waals surface area contributed by atoms with E-state index in [2.05, 4.69) is 38.0 Å². The molecule has 3 fully saturated rings. The third kappa shape index (κ3) is 4.09. The van der Waals surface area contributed by atoms with Crippen LogP contribution in [0.25, 0.3) is 0 Å². The highest BCUT2D eigenvalue weighted by Crippen LogP contribution is 2.66. The van der Waals surface area contributed by atoms with E-state index in [1.54, 1.807) is 6.08 Å². The van der Waals surface area contributed by atoms with E-state index >= 15 is 0 Å². The van der Waals surface area contributed by atoms with Gasteiger partial charge >= 0.3 is 5.97 Å². The Hall–Kier alpha value is -1.30. The molecular weight excluding hydrogens is 413 g/mol. The molecule has 8 atom stereocenters. The van der Waals surface area contributed by atoms with Gasteiger partial charge in [0.05, 0.1) is 7.11 Å². The Labute approximate surface area is 193 Å². The largest absolute Gasteiger partial charge is 0.467 e. The van der Waals surface area contributed by atoms with E-state index in [1.165, 1.54) is 7.11 Å². The number of fused-ring (bicyclic) bond motifs is 5. The van der Waals surface area contributed by atoms with E-state index in [0.717, 1.165) is 38.5 Å². The molecule has 0 aromatic carbocycles. The predicted octanol–water partition coefficient (Wildman–Crippen LogP) is 5.40. The standard InChI is InChI=1S/C22H32FNO3.C2H6.CH2S/c1-21-11-9-15-13(14(21)6-7-16(21)19(23)20(26)27-4)5-8-17-22(15,2)12-10-18(25)24(17)3;2*1-2/h10,12-17,19H,5-9,11H2,1-4H3;1-2H3;1H2/t13?,14?,15?,16?,17?,19?,21-,22?;;/m0../s1. The van der Waals surface area contributed by atoms with Gasteiger partial charge in [-0.15, -0.1) is 0 Å². The smallest absolute Gasteiger partial charge is 0.340 e. The quantitative estimate of drug-likeness (QED) is 0.415.